The Bertz CT molecular complexity index is 1050. The number of halogens is 2. The molecule has 28 heavy (non-hydrogen) atoms. The van der Waals surface area contributed by atoms with Crippen molar-refractivity contribution in [2.24, 2.45) is 0 Å². The summed E-state index contributed by atoms with van der Waals surface area (Å²) < 4.78 is 28.4. The summed E-state index contributed by atoms with van der Waals surface area (Å²) in [5.74, 6) is 0.141. The maximum Gasteiger partial charge on any atom is 0.262 e. The summed E-state index contributed by atoms with van der Waals surface area (Å²) in [6, 6.07) is 9.64. The van der Waals surface area contributed by atoms with E-state index in [1.54, 1.807) is 29.2 Å². The number of fused-ring (bicyclic) bond motifs is 1. The van der Waals surface area contributed by atoms with Crippen LogP contribution in [0.2, 0.25) is 0 Å². The van der Waals surface area contributed by atoms with Gasteiger partial charge in [-0.1, -0.05) is 6.07 Å². The highest BCUT2D eigenvalue weighted by molar-refractivity contribution is 6.09. The number of amides is 1. The maximum absolute atomic E-state index is 13.5. The normalized spacial score (nSPS) is 18.8. The molecule has 1 amide bonds. The predicted molar refractivity (Wildman–Crippen MR) is 100.0 cm³/mol. The molecule has 6 nitrogen and oxygen atoms in total. The van der Waals surface area contributed by atoms with Crippen molar-refractivity contribution in [1.29, 1.82) is 0 Å². The number of pyridine rings is 1. The van der Waals surface area contributed by atoms with Crippen LogP contribution in [0.1, 0.15) is 22.5 Å². The second kappa shape index (κ2) is 6.40. The van der Waals surface area contributed by atoms with E-state index in [0.717, 1.165) is 11.5 Å². The third kappa shape index (κ3) is 2.81. The zero-order valence-corrected chi connectivity index (χ0v) is 14.9. The van der Waals surface area contributed by atoms with Gasteiger partial charge in [0.05, 0.1) is 36.2 Å². The Morgan fingerprint density at radius 3 is 2.71 bits per heavy atom. The molecule has 4 heterocycles. The van der Waals surface area contributed by atoms with Gasteiger partial charge in [0.15, 0.2) is 0 Å². The van der Waals surface area contributed by atoms with Gasteiger partial charge in [0.2, 0.25) is 0 Å². The van der Waals surface area contributed by atoms with Crippen molar-refractivity contribution in [2.75, 3.05) is 22.9 Å². The average molecular weight is 381 g/mol. The first-order chi connectivity index (χ1) is 13.6. The molecule has 1 saturated heterocycles. The lowest BCUT2D eigenvalue weighted by atomic mass is 10.3. The smallest absolute Gasteiger partial charge is 0.262 e. The standard InChI is InChI=1S/C20H17F2N5O/c21-13-2-1-3-15(8-13)26-12-18-17(20(26)28)11-27(24-18)16-4-5-19(23-9-16)25-7-6-14(22)10-25/h1-5,8-9,11,14H,6-7,10,12H2/t14-/m0/s1. The van der Waals surface area contributed by atoms with Crippen molar-refractivity contribution in [3.63, 3.8) is 0 Å². The number of carbonyl (C=O) groups is 1. The zero-order valence-electron chi connectivity index (χ0n) is 14.9. The van der Waals surface area contributed by atoms with Gasteiger partial charge in [0, 0.05) is 18.4 Å². The lowest BCUT2D eigenvalue weighted by Crippen LogP contribution is -2.24. The number of carbonyl (C=O) groups excluding carboxylic acids is 1. The first kappa shape index (κ1) is 16.9. The molecule has 1 aromatic carbocycles. The van der Waals surface area contributed by atoms with Gasteiger partial charge < -0.3 is 9.80 Å². The van der Waals surface area contributed by atoms with Crippen molar-refractivity contribution in [1.82, 2.24) is 14.8 Å². The molecular weight excluding hydrogens is 364 g/mol. The van der Waals surface area contributed by atoms with Crippen molar-refractivity contribution in [3.05, 3.63) is 65.9 Å². The van der Waals surface area contributed by atoms with Crippen LogP contribution in [-0.2, 0) is 6.54 Å². The van der Waals surface area contributed by atoms with E-state index in [1.165, 1.54) is 17.0 Å². The second-order valence-electron chi connectivity index (χ2n) is 7.01. The predicted octanol–water partition coefficient (Wildman–Crippen LogP) is 3.12. The van der Waals surface area contributed by atoms with Crippen molar-refractivity contribution in [3.8, 4) is 5.69 Å². The van der Waals surface area contributed by atoms with Crippen LogP contribution in [0.4, 0.5) is 20.3 Å². The van der Waals surface area contributed by atoms with Gasteiger partial charge in [-0.25, -0.2) is 18.4 Å². The van der Waals surface area contributed by atoms with Gasteiger partial charge in [-0.2, -0.15) is 5.10 Å². The molecule has 1 fully saturated rings. The molecule has 142 valence electrons. The number of aromatic nitrogens is 3. The van der Waals surface area contributed by atoms with E-state index < -0.39 is 6.17 Å². The van der Waals surface area contributed by atoms with E-state index in [9.17, 15) is 13.6 Å². The van der Waals surface area contributed by atoms with Crippen LogP contribution in [0.3, 0.4) is 0 Å². The largest absolute Gasteiger partial charge is 0.354 e. The number of anilines is 2. The van der Waals surface area contributed by atoms with Gasteiger partial charge in [-0.05, 0) is 36.8 Å². The lowest BCUT2D eigenvalue weighted by molar-refractivity contribution is 0.0996. The fourth-order valence-corrected chi connectivity index (χ4v) is 3.68. The van der Waals surface area contributed by atoms with Crippen molar-refractivity contribution >= 4 is 17.4 Å². The van der Waals surface area contributed by atoms with E-state index in [0.29, 0.717) is 43.0 Å². The Hall–Kier alpha value is -3.29. The van der Waals surface area contributed by atoms with Crippen LogP contribution >= 0.6 is 0 Å². The molecular formula is C20H17F2N5O. The number of benzene rings is 1. The molecule has 0 spiro atoms. The van der Waals surface area contributed by atoms with Gasteiger partial charge in [-0.3, -0.25) is 4.79 Å². The highest BCUT2D eigenvalue weighted by Crippen LogP contribution is 2.29. The topological polar surface area (TPSA) is 54.3 Å². The highest BCUT2D eigenvalue weighted by Gasteiger charge is 2.32. The highest BCUT2D eigenvalue weighted by atomic mass is 19.1. The molecule has 3 aromatic rings. The molecule has 5 rings (SSSR count). The summed E-state index contributed by atoms with van der Waals surface area (Å²) >= 11 is 0. The summed E-state index contributed by atoms with van der Waals surface area (Å²) in [7, 11) is 0. The van der Waals surface area contributed by atoms with Crippen LogP contribution < -0.4 is 9.80 Å². The number of hydrogen-bond acceptors (Lipinski definition) is 4. The molecule has 0 bridgehead atoms. The van der Waals surface area contributed by atoms with E-state index in [4.69, 9.17) is 0 Å². The number of rotatable bonds is 3. The SMILES string of the molecule is O=C1c2cn(-c3ccc(N4CC[C@H](F)C4)nc3)nc2CN1c1cccc(F)c1. The van der Waals surface area contributed by atoms with Crippen LogP contribution in [0.25, 0.3) is 5.69 Å². The first-order valence-electron chi connectivity index (χ1n) is 9.10. The fourth-order valence-electron chi connectivity index (χ4n) is 3.68. The zero-order chi connectivity index (χ0) is 19.3. The Balaban J connectivity index is 1.37. The third-order valence-electron chi connectivity index (χ3n) is 5.15. The quantitative estimate of drug-likeness (QED) is 0.700. The minimum Gasteiger partial charge on any atom is -0.354 e. The van der Waals surface area contributed by atoms with Crippen molar-refractivity contribution < 1.29 is 13.6 Å². The molecule has 0 radical (unpaired) electrons. The van der Waals surface area contributed by atoms with E-state index in [-0.39, 0.29) is 11.7 Å². The average Bonchev–Trinajstić information content (AvgIpc) is 3.38. The molecule has 1 atom stereocenters. The third-order valence-corrected chi connectivity index (χ3v) is 5.15. The van der Waals surface area contributed by atoms with Gasteiger partial charge in [0.1, 0.15) is 17.8 Å². The molecule has 2 aliphatic rings. The summed E-state index contributed by atoms with van der Waals surface area (Å²) in [4.78, 5) is 20.5. The summed E-state index contributed by atoms with van der Waals surface area (Å²) in [5, 5.41) is 4.50. The van der Waals surface area contributed by atoms with Crippen LogP contribution in [0, 0.1) is 5.82 Å². The first-order valence-corrected chi connectivity index (χ1v) is 9.10. The number of alkyl halides is 1. The second-order valence-corrected chi connectivity index (χ2v) is 7.01. The van der Waals surface area contributed by atoms with Crippen LogP contribution in [-0.4, -0.2) is 39.9 Å². The molecule has 2 aliphatic heterocycles. The molecule has 8 heteroatoms. The van der Waals surface area contributed by atoms with Gasteiger partial charge in [-0.15, -0.1) is 0 Å². The summed E-state index contributed by atoms with van der Waals surface area (Å²) in [6.45, 7) is 1.32. The Morgan fingerprint density at radius 1 is 1.14 bits per heavy atom. The van der Waals surface area contributed by atoms with E-state index in [2.05, 4.69) is 10.1 Å². The van der Waals surface area contributed by atoms with Gasteiger partial charge >= 0.3 is 0 Å². The molecule has 0 aliphatic carbocycles. The maximum atomic E-state index is 13.5. The lowest BCUT2D eigenvalue weighted by Gasteiger charge is -2.17. The molecule has 2 aromatic heterocycles. The summed E-state index contributed by atoms with van der Waals surface area (Å²) in [5.41, 5.74) is 2.36. The van der Waals surface area contributed by atoms with E-state index in [1.807, 2.05) is 17.0 Å². The minimum atomic E-state index is -0.803. The molecule has 0 unspecified atom stereocenters. The van der Waals surface area contributed by atoms with Crippen LogP contribution in [0.5, 0.6) is 0 Å². The minimum absolute atomic E-state index is 0.206. The Morgan fingerprint density at radius 2 is 2.04 bits per heavy atom. The number of nitrogens with zero attached hydrogens (tertiary/aromatic N) is 5. The monoisotopic (exact) mass is 381 g/mol. The van der Waals surface area contributed by atoms with Gasteiger partial charge in [0.25, 0.3) is 5.91 Å². The van der Waals surface area contributed by atoms with Crippen LogP contribution in [0.15, 0.2) is 48.8 Å². The Kier molecular flexibility index (Phi) is 3.85. The Labute approximate surface area is 160 Å². The fraction of sp³-hybridized carbons (Fsp3) is 0.250. The molecule has 0 saturated carbocycles. The molecule has 0 N–H and O–H groups in total. The summed E-state index contributed by atoms with van der Waals surface area (Å²) in [6.07, 6.45) is 3.06. The van der Waals surface area contributed by atoms with E-state index >= 15 is 0 Å². The van der Waals surface area contributed by atoms with Crippen molar-refractivity contribution in [2.45, 2.75) is 19.1 Å². The number of hydrogen-bond donors (Lipinski definition) is 0.